The Morgan fingerprint density at radius 3 is 2.10 bits per heavy atom. The van der Waals surface area contributed by atoms with Crippen molar-refractivity contribution >= 4 is 5.97 Å². The van der Waals surface area contributed by atoms with Gasteiger partial charge in [0.15, 0.2) is 0 Å². The molecular weight excluding hydrogens is 264 g/mol. The predicted molar refractivity (Wildman–Crippen MR) is 82.4 cm³/mol. The van der Waals surface area contributed by atoms with E-state index >= 15 is 0 Å². The highest BCUT2D eigenvalue weighted by Gasteiger charge is 2.13. The molecule has 2 rings (SSSR count). The Kier molecular flexibility index (Phi) is 4.32. The van der Waals surface area contributed by atoms with Crippen LogP contribution >= 0.6 is 0 Å². The number of hydrogen-bond acceptors (Lipinski definition) is 3. The molecule has 2 aromatic carbocycles. The first-order valence-electron chi connectivity index (χ1n) is 6.92. The first kappa shape index (κ1) is 15.1. The highest BCUT2D eigenvalue weighted by molar-refractivity contribution is 5.89. The molecule has 21 heavy (non-hydrogen) atoms. The number of hydrogen-bond donors (Lipinski definition) is 1. The number of rotatable bonds is 3. The van der Waals surface area contributed by atoms with Crippen molar-refractivity contribution in [2.24, 2.45) is 0 Å². The van der Waals surface area contributed by atoms with E-state index in [9.17, 15) is 9.90 Å². The summed E-state index contributed by atoms with van der Waals surface area (Å²) in [6.45, 7) is 6.72. The maximum atomic E-state index is 11.9. The highest BCUT2D eigenvalue weighted by Crippen LogP contribution is 2.22. The number of ether oxygens (including phenoxy) is 1. The third-order valence-electron chi connectivity index (χ3n) is 3.29. The van der Waals surface area contributed by atoms with Gasteiger partial charge in [-0.1, -0.05) is 45.0 Å². The number of benzene rings is 2. The van der Waals surface area contributed by atoms with Crippen molar-refractivity contribution in [2.45, 2.75) is 32.8 Å². The van der Waals surface area contributed by atoms with Gasteiger partial charge in [-0.25, -0.2) is 4.79 Å². The summed E-state index contributed by atoms with van der Waals surface area (Å²) in [5.74, 6) is -0.265. The van der Waals surface area contributed by atoms with E-state index < -0.39 is 5.97 Å². The van der Waals surface area contributed by atoms with Crippen molar-refractivity contribution in [3.05, 3.63) is 65.2 Å². The largest absolute Gasteiger partial charge is 0.508 e. The fourth-order valence-corrected chi connectivity index (χ4v) is 1.93. The van der Waals surface area contributed by atoms with Crippen molar-refractivity contribution in [3.63, 3.8) is 0 Å². The average molecular weight is 284 g/mol. The van der Waals surface area contributed by atoms with Gasteiger partial charge in [0.25, 0.3) is 0 Å². The molecule has 0 radical (unpaired) electrons. The lowest BCUT2D eigenvalue weighted by atomic mass is 9.87. The van der Waals surface area contributed by atoms with Crippen LogP contribution in [0.4, 0.5) is 0 Å². The fraction of sp³-hybridized carbons (Fsp3) is 0.278. The first-order valence-corrected chi connectivity index (χ1v) is 6.92. The third kappa shape index (κ3) is 4.09. The molecule has 0 aliphatic heterocycles. The quantitative estimate of drug-likeness (QED) is 0.865. The molecule has 0 amide bonds. The lowest BCUT2D eigenvalue weighted by Gasteiger charge is -2.19. The van der Waals surface area contributed by atoms with Crippen molar-refractivity contribution in [1.82, 2.24) is 0 Å². The molecule has 0 fully saturated rings. The summed E-state index contributed by atoms with van der Waals surface area (Å²) >= 11 is 0. The van der Waals surface area contributed by atoms with E-state index in [-0.39, 0.29) is 17.8 Å². The molecule has 0 aliphatic rings. The molecular formula is C18H20O3. The molecule has 0 spiro atoms. The van der Waals surface area contributed by atoms with Gasteiger partial charge in [0.1, 0.15) is 12.4 Å². The van der Waals surface area contributed by atoms with Gasteiger partial charge in [-0.3, -0.25) is 0 Å². The van der Waals surface area contributed by atoms with Gasteiger partial charge < -0.3 is 9.84 Å². The van der Waals surface area contributed by atoms with Crippen molar-refractivity contribution < 1.29 is 14.6 Å². The summed E-state index contributed by atoms with van der Waals surface area (Å²) in [4.78, 5) is 11.9. The van der Waals surface area contributed by atoms with Crippen LogP contribution in [0.3, 0.4) is 0 Å². The second-order valence-electron chi connectivity index (χ2n) is 6.07. The molecule has 0 aliphatic carbocycles. The zero-order valence-corrected chi connectivity index (χ0v) is 12.6. The Balaban J connectivity index is 1.97. The summed E-state index contributed by atoms with van der Waals surface area (Å²) < 4.78 is 5.26. The van der Waals surface area contributed by atoms with E-state index in [0.717, 1.165) is 5.56 Å². The Bertz CT molecular complexity index is 604. The molecule has 2 aromatic rings. The van der Waals surface area contributed by atoms with Gasteiger partial charge >= 0.3 is 5.97 Å². The number of esters is 1. The van der Waals surface area contributed by atoms with Crippen molar-refractivity contribution in [1.29, 1.82) is 0 Å². The summed E-state index contributed by atoms with van der Waals surface area (Å²) in [6.07, 6.45) is 0. The second kappa shape index (κ2) is 6.00. The zero-order valence-electron chi connectivity index (χ0n) is 12.6. The van der Waals surface area contributed by atoms with E-state index in [1.165, 1.54) is 17.7 Å². The zero-order chi connectivity index (χ0) is 15.5. The standard InChI is InChI=1S/C18H20O3/c1-18(2,3)15-8-4-13(5-9-15)12-21-17(20)14-6-10-16(19)11-7-14/h4-11,19H,12H2,1-3H3. The van der Waals surface area contributed by atoms with Crippen molar-refractivity contribution in [2.75, 3.05) is 0 Å². The lowest BCUT2D eigenvalue weighted by Crippen LogP contribution is -2.11. The molecule has 0 saturated heterocycles. The van der Waals surface area contributed by atoms with Gasteiger partial charge in [-0.15, -0.1) is 0 Å². The SMILES string of the molecule is CC(C)(C)c1ccc(COC(=O)c2ccc(O)cc2)cc1. The minimum atomic E-state index is -0.394. The Morgan fingerprint density at radius 2 is 1.57 bits per heavy atom. The van der Waals surface area contributed by atoms with Gasteiger partial charge in [0.2, 0.25) is 0 Å². The molecule has 0 unspecified atom stereocenters. The number of carbonyl (C=O) groups excluding carboxylic acids is 1. The van der Waals surface area contributed by atoms with E-state index in [1.807, 2.05) is 12.1 Å². The molecule has 3 heteroatoms. The molecule has 0 saturated carbocycles. The van der Waals surface area contributed by atoms with Crippen LogP contribution in [0.25, 0.3) is 0 Å². The number of phenolic OH excluding ortho intramolecular Hbond substituents is 1. The maximum absolute atomic E-state index is 11.9. The Labute approximate surface area is 125 Å². The van der Waals surface area contributed by atoms with Gasteiger partial charge in [-0.2, -0.15) is 0 Å². The monoisotopic (exact) mass is 284 g/mol. The Morgan fingerprint density at radius 1 is 1.00 bits per heavy atom. The van der Waals surface area contributed by atoms with Crippen molar-refractivity contribution in [3.8, 4) is 5.75 Å². The number of phenols is 1. The van der Waals surface area contributed by atoms with Crippen LogP contribution in [-0.4, -0.2) is 11.1 Å². The summed E-state index contributed by atoms with van der Waals surface area (Å²) in [7, 11) is 0. The summed E-state index contributed by atoms with van der Waals surface area (Å²) in [6, 6.07) is 14.1. The smallest absolute Gasteiger partial charge is 0.338 e. The topological polar surface area (TPSA) is 46.5 Å². The summed E-state index contributed by atoms with van der Waals surface area (Å²) in [5, 5.41) is 9.19. The predicted octanol–water partition coefficient (Wildman–Crippen LogP) is 4.05. The van der Waals surface area contributed by atoms with Gasteiger partial charge in [-0.05, 0) is 40.8 Å². The van der Waals surface area contributed by atoms with E-state index in [2.05, 4.69) is 32.9 Å². The Hall–Kier alpha value is -2.29. The lowest BCUT2D eigenvalue weighted by molar-refractivity contribution is 0.0472. The van der Waals surface area contributed by atoms with Crippen LogP contribution in [0.2, 0.25) is 0 Å². The molecule has 1 N–H and O–H groups in total. The van der Waals surface area contributed by atoms with E-state index in [1.54, 1.807) is 12.1 Å². The number of aromatic hydroxyl groups is 1. The van der Waals surface area contributed by atoms with Crippen LogP contribution in [-0.2, 0) is 16.8 Å². The highest BCUT2D eigenvalue weighted by atomic mass is 16.5. The van der Waals surface area contributed by atoms with Crippen LogP contribution in [0.15, 0.2) is 48.5 Å². The van der Waals surface area contributed by atoms with E-state index in [0.29, 0.717) is 5.56 Å². The number of carbonyl (C=O) groups is 1. The minimum absolute atomic E-state index is 0.112. The molecule has 110 valence electrons. The van der Waals surface area contributed by atoms with E-state index in [4.69, 9.17) is 4.74 Å². The minimum Gasteiger partial charge on any atom is -0.508 e. The van der Waals surface area contributed by atoms with Crippen LogP contribution < -0.4 is 0 Å². The average Bonchev–Trinajstić information content (AvgIpc) is 2.45. The van der Waals surface area contributed by atoms with Gasteiger partial charge in [0, 0.05) is 0 Å². The third-order valence-corrected chi connectivity index (χ3v) is 3.29. The second-order valence-corrected chi connectivity index (χ2v) is 6.07. The summed E-state index contributed by atoms with van der Waals surface area (Å²) in [5.41, 5.74) is 2.74. The fourth-order valence-electron chi connectivity index (χ4n) is 1.93. The molecule has 0 atom stereocenters. The molecule has 3 nitrogen and oxygen atoms in total. The maximum Gasteiger partial charge on any atom is 0.338 e. The van der Waals surface area contributed by atoms with Gasteiger partial charge in [0.05, 0.1) is 5.56 Å². The molecule has 0 heterocycles. The first-order chi connectivity index (χ1) is 9.86. The van der Waals surface area contributed by atoms with Crippen LogP contribution in [0, 0.1) is 0 Å². The normalized spacial score (nSPS) is 11.2. The van der Waals surface area contributed by atoms with Crippen LogP contribution in [0.1, 0.15) is 42.3 Å². The molecule has 0 bridgehead atoms. The molecule has 0 aromatic heterocycles. The van der Waals surface area contributed by atoms with Crippen LogP contribution in [0.5, 0.6) is 5.75 Å².